The molecule has 4 aliphatic rings. The molecule has 668 valence electrons. The highest BCUT2D eigenvalue weighted by molar-refractivity contribution is 9.19. The molecule has 8 N–H and O–H groups in total. The van der Waals surface area contributed by atoms with E-state index in [1.807, 2.05) is 111 Å². The second-order valence-corrected chi connectivity index (χ2v) is 34.7. The monoisotopic (exact) mass is 1950 g/mol. The van der Waals surface area contributed by atoms with Gasteiger partial charge >= 0.3 is 21.1 Å². The van der Waals surface area contributed by atoms with Crippen molar-refractivity contribution in [2.45, 2.75) is 177 Å². The largest absolute Gasteiger partial charge is 0.491 e. The number of nitrogen functional groups attached to an aromatic ring is 2. The number of carbonyl (C=O) groups excluding carboxylic acids is 4. The summed E-state index contributed by atoms with van der Waals surface area (Å²) >= 11 is 51.0. The molecule has 0 aliphatic carbocycles. The lowest BCUT2D eigenvalue weighted by molar-refractivity contribution is -0.127. The van der Waals surface area contributed by atoms with Crippen LogP contribution in [0.2, 0.25) is 40.2 Å². The minimum atomic E-state index is -2.07. The first-order valence-corrected chi connectivity index (χ1v) is 40.7. The number of anilines is 2. The lowest BCUT2D eigenvalue weighted by atomic mass is 9.49. The van der Waals surface area contributed by atoms with Gasteiger partial charge in [0.25, 0.3) is 22.2 Å². The predicted molar refractivity (Wildman–Crippen MR) is 476 cm³/mol. The molecular weight excluding hydrogens is 1860 g/mol. The van der Waals surface area contributed by atoms with Gasteiger partial charge in [0, 0.05) is 91.4 Å². The van der Waals surface area contributed by atoms with E-state index in [2.05, 4.69) is 57.4 Å². The van der Waals surface area contributed by atoms with Crippen LogP contribution in [-0.2, 0) is 66.0 Å². The SMILES string of the molecule is C.CC(C)c1cc(Oc2c(Cl)cc(B(O)O)c(F)c2Cl)nn(C)c1=O.CC(C)c1cc(Oc2c(Cl)cc(C3=NNC(=O)CC3=O)c(F)c2Cl)nn(C)c1=O.CC(C)c1cc(Oc2c(Cl)cc(N)c(F)c2Cl)nn(C)c1=O.CC(C)c1cc(Oc2c(Cl)cc(N)cc2Cl)nn(C)c1=O.CC1(C)OB(B2OC(C)(C)C(C)(C)O2)OC1(C)C.O=C1CC(=O)C(Br)=NN1. The number of rotatable bonds is 15. The van der Waals surface area contributed by atoms with Gasteiger partial charge in [0.1, 0.15) is 26.6 Å². The van der Waals surface area contributed by atoms with Gasteiger partial charge in [-0.2, -0.15) is 10.2 Å². The minimum Gasteiger partial charge on any atom is -0.434 e. The molecule has 4 aromatic heterocycles. The lowest BCUT2D eigenvalue weighted by Gasteiger charge is -2.32. The molecule has 8 aromatic rings. The Labute approximate surface area is 760 Å². The van der Waals surface area contributed by atoms with Gasteiger partial charge in [0.15, 0.2) is 50.8 Å². The van der Waals surface area contributed by atoms with Crippen LogP contribution in [0.1, 0.15) is 183 Å². The molecule has 12 rings (SSSR count). The predicted octanol–water partition coefficient (Wildman–Crippen LogP) is 14.7. The number of nitrogens with two attached hydrogens (primary N) is 2. The molecule has 0 unspecified atom stereocenters. The fraction of sp³-hybridized carbons (Fsp3) is 0.403. The van der Waals surface area contributed by atoms with Gasteiger partial charge in [-0.3, -0.25) is 38.4 Å². The maximum absolute atomic E-state index is 14.9. The average Bonchev–Trinajstić information content (AvgIpc) is 1.60. The smallest absolute Gasteiger partial charge is 0.434 e. The van der Waals surface area contributed by atoms with Crippen molar-refractivity contribution in [1.82, 2.24) is 50.0 Å². The van der Waals surface area contributed by atoms with Crippen LogP contribution in [0.5, 0.6) is 46.5 Å². The van der Waals surface area contributed by atoms with Crippen LogP contribution in [0, 0.1) is 17.5 Å². The highest BCUT2D eigenvalue weighted by atomic mass is 79.9. The molecule has 2 fully saturated rings. The summed E-state index contributed by atoms with van der Waals surface area (Å²) in [6.45, 7) is 31.1. The van der Waals surface area contributed by atoms with Crippen LogP contribution >= 0.6 is 109 Å². The van der Waals surface area contributed by atoms with E-state index in [9.17, 15) is 51.5 Å². The number of hydrogen-bond acceptors (Lipinski definition) is 26. The molecule has 0 spiro atoms. The van der Waals surface area contributed by atoms with Gasteiger partial charge < -0.3 is 59.1 Å². The summed E-state index contributed by atoms with van der Waals surface area (Å²) in [7, 11) is 2.94. The highest BCUT2D eigenvalue weighted by Crippen LogP contribution is 2.46. The summed E-state index contributed by atoms with van der Waals surface area (Å²) in [6.07, 6.45) is -0.574. The topological polar surface area (TPSA) is 423 Å². The number of hydrogen-bond donors (Lipinski definition) is 6. The first-order chi connectivity index (χ1) is 56.8. The number of benzene rings is 4. The van der Waals surface area contributed by atoms with Crippen molar-refractivity contribution in [3.05, 3.63) is 181 Å². The van der Waals surface area contributed by atoms with E-state index in [0.29, 0.717) is 27.9 Å². The van der Waals surface area contributed by atoms with E-state index in [0.717, 1.165) is 26.2 Å². The Morgan fingerprint density at radius 3 is 1.06 bits per heavy atom. The average molecular weight is 1950 g/mol. The van der Waals surface area contributed by atoms with Crippen molar-refractivity contribution in [2.24, 2.45) is 38.4 Å². The molecule has 4 aliphatic heterocycles. The third kappa shape index (κ3) is 25.0. The fourth-order valence-corrected chi connectivity index (χ4v) is 13.3. The second kappa shape index (κ2) is 42.3. The Kier molecular flexibility index (Phi) is 35.5. The highest BCUT2D eigenvalue weighted by Gasteiger charge is 2.64. The number of hydrazone groups is 2. The zero-order valence-electron chi connectivity index (χ0n) is 69.7. The number of halogens is 12. The van der Waals surface area contributed by atoms with Gasteiger partial charge in [0.05, 0.1) is 66.0 Å². The lowest BCUT2D eigenvalue weighted by Crippen LogP contribution is -2.41. The van der Waals surface area contributed by atoms with Crippen LogP contribution < -0.4 is 69.0 Å². The molecule has 2 amide bonds. The summed E-state index contributed by atoms with van der Waals surface area (Å²) in [6, 6.07) is 12.3. The molecule has 8 heterocycles. The van der Waals surface area contributed by atoms with Crippen LogP contribution in [0.4, 0.5) is 24.5 Å². The van der Waals surface area contributed by atoms with E-state index < -0.39 is 72.2 Å². The third-order valence-corrected chi connectivity index (χ3v) is 22.1. The molecule has 2 saturated heterocycles. The van der Waals surface area contributed by atoms with Crippen LogP contribution in [0.3, 0.4) is 0 Å². The Hall–Kier alpha value is -8.64. The van der Waals surface area contributed by atoms with Crippen molar-refractivity contribution in [2.75, 3.05) is 11.5 Å². The summed E-state index contributed by atoms with van der Waals surface area (Å²) in [5.74, 6) is -4.95. The van der Waals surface area contributed by atoms with Crippen LogP contribution in [0.15, 0.2) is 84.0 Å². The number of aromatic nitrogens is 8. The number of nitrogens with zero attached hydrogens (tertiary/aromatic N) is 10. The maximum Gasteiger partial charge on any atom is 0.491 e. The van der Waals surface area contributed by atoms with Gasteiger partial charge in [-0.25, -0.2) is 42.8 Å². The van der Waals surface area contributed by atoms with E-state index in [1.54, 1.807) is 13.1 Å². The number of nitrogens with one attached hydrogen (secondary N) is 2. The Balaban J connectivity index is 0.000000235. The molecule has 4 aromatic carbocycles. The van der Waals surface area contributed by atoms with Crippen LogP contribution in [0.25, 0.3) is 0 Å². The molecule has 32 nitrogen and oxygen atoms in total. The fourth-order valence-electron chi connectivity index (χ4n) is 10.9. The number of Topliss-reactive ketones (excluding diaryl/α,β-unsaturated/α-hetero) is 2. The standard InChI is InChI=1S/C18H15Cl2FN4O4.C14H14BCl2FN2O4.C14H14Cl2FN3O2.C14H15Cl2N3O2.C12H24B2O4.C4H3BrN2O2.CH4/c1-7(2)8-5-13(24-25(3)18(8)28)29-17-10(19)4-9(15(21)14(17)20)16-11(26)6-12(27)22-23-16;1-6(2)7-4-10(19-20(3)14(7)21)24-13-9(16)5-8(15(22)23)12(18)11(13)17;1-6(2)7-4-10(19-20(3)14(7)21)22-13-8(15)5-9(18)12(17)11(13)16;1-7(2)9-6-12(18-19(3)14(9)20)21-13-10(15)4-8(17)5-11(13)16;1-9(2)10(3,4)16-13(15-9)14-17-11(5,6)12(7,8)18-14;5-4-2(8)1-3(9)6-7-4;/h4-5,7H,6H2,1-3H3,(H,22,27);4-6,22-23H,1-3H3;4-6H,18H2,1-3H3;4-7H,17H2,1-3H3;1-8H3;1H2,(H,6,9);1H4. The van der Waals surface area contributed by atoms with Gasteiger partial charge in [-0.1, -0.05) is 156 Å². The molecule has 124 heavy (non-hydrogen) atoms. The van der Waals surface area contributed by atoms with E-state index in [-0.39, 0.29) is 192 Å². The van der Waals surface area contributed by atoms with Gasteiger partial charge in [-0.05, 0) is 125 Å². The quantitative estimate of drug-likeness (QED) is 0.0240. The van der Waals surface area contributed by atoms with E-state index in [1.165, 1.54) is 62.2 Å². The number of aryl methyl sites for hydroxylation is 4. The second-order valence-electron chi connectivity index (χ2n) is 30.7. The van der Waals surface area contributed by atoms with Crippen molar-refractivity contribution >= 4 is 180 Å². The van der Waals surface area contributed by atoms with Gasteiger partial charge in [0.2, 0.25) is 35.3 Å². The zero-order valence-corrected chi connectivity index (χ0v) is 77.4. The van der Waals surface area contributed by atoms with E-state index >= 15 is 0 Å². The molecular formula is C77H89B3BrCl8F3N14O18. The summed E-state index contributed by atoms with van der Waals surface area (Å²) in [5.41, 5.74) is 14.1. The zero-order chi connectivity index (χ0) is 92.8. The third-order valence-electron chi connectivity index (χ3n) is 19.0. The first-order valence-electron chi connectivity index (χ1n) is 36.9. The summed E-state index contributed by atoms with van der Waals surface area (Å²) < 4.78 is 93.4. The van der Waals surface area contributed by atoms with E-state index in [4.69, 9.17) is 152 Å². The number of carbonyl (C=O) groups is 4. The summed E-state index contributed by atoms with van der Waals surface area (Å²) in [5, 5.41) is 40.1. The minimum absolute atomic E-state index is 0. The van der Waals surface area contributed by atoms with Gasteiger partial charge in [-0.15, -0.1) is 20.4 Å². The van der Waals surface area contributed by atoms with Crippen molar-refractivity contribution in [1.29, 1.82) is 0 Å². The maximum atomic E-state index is 14.9. The molecule has 0 atom stereocenters. The normalized spacial score (nSPS) is 15.3. The number of ether oxygens (including phenoxy) is 4. The van der Waals surface area contributed by atoms with Crippen molar-refractivity contribution in [3.8, 4) is 46.5 Å². The summed E-state index contributed by atoms with van der Waals surface area (Å²) in [4.78, 5) is 92.2. The number of amides is 2. The number of ketones is 2. The molecule has 0 bridgehead atoms. The molecule has 0 saturated carbocycles. The molecule has 0 radical (unpaired) electrons. The molecule has 47 heteroatoms. The first kappa shape index (κ1) is 104. The van der Waals surface area contributed by atoms with Crippen molar-refractivity contribution < 1.29 is 80.0 Å². The Morgan fingerprint density at radius 1 is 0.452 bits per heavy atom. The Bertz CT molecular complexity index is 5680. The van der Waals surface area contributed by atoms with Crippen molar-refractivity contribution in [3.63, 3.8) is 0 Å². The Morgan fingerprint density at radius 2 is 0.742 bits per heavy atom. The van der Waals surface area contributed by atoms with Crippen LogP contribution in [-0.4, -0.2) is 126 Å².